The maximum atomic E-state index is 12.1. The summed E-state index contributed by atoms with van der Waals surface area (Å²) in [6, 6.07) is 3.93. The van der Waals surface area contributed by atoms with Gasteiger partial charge in [-0.15, -0.1) is 0 Å². The van der Waals surface area contributed by atoms with Crippen molar-refractivity contribution in [2.45, 2.75) is 6.61 Å². The highest BCUT2D eigenvalue weighted by atomic mass is 79.9. The highest BCUT2D eigenvalue weighted by molar-refractivity contribution is 9.10. The molecule has 0 heterocycles. The van der Waals surface area contributed by atoms with Gasteiger partial charge in [-0.1, -0.05) is 0 Å². The smallest absolute Gasteiger partial charge is 0.387 e. The van der Waals surface area contributed by atoms with Gasteiger partial charge < -0.3 is 9.47 Å². The van der Waals surface area contributed by atoms with E-state index in [-0.39, 0.29) is 21.3 Å². The van der Waals surface area contributed by atoms with E-state index < -0.39 is 12.6 Å². The fourth-order valence-corrected chi connectivity index (χ4v) is 1.61. The summed E-state index contributed by atoms with van der Waals surface area (Å²) < 4.78 is 33.0. The van der Waals surface area contributed by atoms with Gasteiger partial charge in [0.2, 0.25) is 0 Å². The van der Waals surface area contributed by atoms with Crippen LogP contribution in [0.1, 0.15) is 15.9 Å². The molecule has 4 nitrogen and oxygen atoms in total. The minimum absolute atomic E-state index is 0.00199. The van der Waals surface area contributed by atoms with E-state index in [1.54, 1.807) is 6.07 Å². The first-order valence-corrected chi connectivity index (χ1v) is 5.05. The molecule has 0 N–H and O–H groups in total. The number of halogens is 3. The van der Waals surface area contributed by atoms with Crippen molar-refractivity contribution in [2.24, 2.45) is 0 Å². The topological polar surface area (TPSA) is 59.3 Å². The van der Waals surface area contributed by atoms with Crippen LogP contribution in [0.25, 0.3) is 0 Å². The number of ether oxygens (including phenoxy) is 2. The van der Waals surface area contributed by atoms with Gasteiger partial charge in [-0.2, -0.15) is 14.0 Å². The maximum Gasteiger partial charge on any atom is 0.387 e. The van der Waals surface area contributed by atoms with Crippen molar-refractivity contribution in [3.8, 4) is 11.8 Å². The summed E-state index contributed by atoms with van der Waals surface area (Å²) in [5.41, 5.74) is -0.105. The van der Waals surface area contributed by atoms with E-state index in [0.29, 0.717) is 0 Å². The third-order valence-electron chi connectivity index (χ3n) is 1.81. The van der Waals surface area contributed by atoms with E-state index >= 15 is 0 Å². The largest absolute Gasteiger partial charge is 0.465 e. The zero-order chi connectivity index (χ0) is 13.0. The molecule has 0 saturated carbocycles. The molecule has 0 spiro atoms. The van der Waals surface area contributed by atoms with E-state index in [9.17, 15) is 13.6 Å². The van der Waals surface area contributed by atoms with Gasteiger partial charge in [-0.25, -0.2) is 4.79 Å². The van der Waals surface area contributed by atoms with E-state index in [1.165, 1.54) is 6.07 Å². The van der Waals surface area contributed by atoms with Gasteiger partial charge in [-0.05, 0) is 28.1 Å². The van der Waals surface area contributed by atoms with Crippen LogP contribution in [0, 0.1) is 11.3 Å². The van der Waals surface area contributed by atoms with Crippen LogP contribution in [-0.4, -0.2) is 19.7 Å². The molecule has 0 aromatic heterocycles. The van der Waals surface area contributed by atoms with Crippen LogP contribution >= 0.6 is 15.9 Å². The van der Waals surface area contributed by atoms with Crippen molar-refractivity contribution in [3.05, 3.63) is 27.7 Å². The fraction of sp³-hybridized carbons (Fsp3) is 0.200. The van der Waals surface area contributed by atoms with Crippen LogP contribution in [-0.2, 0) is 4.74 Å². The number of carbonyl (C=O) groups is 1. The molecule has 0 amide bonds. The Labute approximate surface area is 104 Å². The summed E-state index contributed by atoms with van der Waals surface area (Å²) in [5, 5.41) is 8.73. The minimum atomic E-state index is -3.08. The Bertz CT molecular complexity index is 485. The number of benzene rings is 1. The van der Waals surface area contributed by atoms with E-state index in [1.807, 2.05) is 0 Å². The van der Waals surface area contributed by atoms with E-state index in [0.717, 1.165) is 13.2 Å². The molecule has 1 rings (SSSR count). The number of rotatable bonds is 3. The maximum absolute atomic E-state index is 12.1. The molecule has 0 radical (unpaired) electrons. The molecule has 1 aromatic rings. The molecule has 0 unspecified atom stereocenters. The first kappa shape index (κ1) is 13.4. The fourth-order valence-electron chi connectivity index (χ4n) is 1.10. The Balaban J connectivity index is 3.28. The predicted molar refractivity (Wildman–Crippen MR) is 56.8 cm³/mol. The van der Waals surface area contributed by atoms with Gasteiger partial charge in [0.05, 0.1) is 18.2 Å². The number of methoxy groups -OCH3 is 1. The lowest BCUT2D eigenvalue weighted by atomic mass is 10.1. The summed E-state index contributed by atoms with van der Waals surface area (Å²) in [6.07, 6.45) is 0. The lowest BCUT2D eigenvalue weighted by Crippen LogP contribution is -2.07. The molecule has 0 aliphatic heterocycles. The molecule has 0 aliphatic rings. The highest BCUT2D eigenvalue weighted by Gasteiger charge is 2.17. The van der Waals surface area contributed by atoms with Crippen LogP contribution < -0.4 is 4.74 Å². The minimum Gasteiger partial charge on any atom is -0.465 e. The second-order valence-electron chi connectivity index (χ2n) is 2.81. The highest BCUT2D eigenvalue weighted by Crippen LogP contribution is 2.28. The molecule has 1 aromatic carbocycles. The second kappa shape index (κ2) is 5.59. The molecule has 17 heavy (non-hydrogen) atoms. The van der Waals surface area contributed by atoms with Gasteiger partial charge in [0.15, 0.2) is 0 Å². The molecular formula is C10H6BrF2NO3. The first-order valence-electron chi connectivity index (χ1n) is 4.26. The lowest BCUT2D eigenvalue weighted by molar-refractivity contribution is -0.0501. The average Bonchev–Trinajstić information content (AvgIpc) is 2.29. The van der Waals surface area contributed by atoms with Gasteiger partial charge >= 0.3 is 12.6 Å². The van der Waals surface area contributed by atoms with Gasteiger partial charge in [0.1, 0.15) is 11.8 Å². The van der Waals surface area contributed by atoms with Crippen molar-refractivity contribution in [3.63, 3.8) is 0 Å². The molecule has 0 saturated heterocycles. The number of carbonyl (C=O) groups excluding carboxylic acids is 1. The number of nitrogens with zero attached hydrogens (tertiary/aromatic N) is 1. The number of esters is 1. The molecular weight excluding hydrogens is 300 g/mol. The molecule has 0 fully saturated rings. The normalized spacial score (nSPS) is 9.88. The Morgan fingerprint density at radius 3 is 2.65 bits per heavy atom. The Morgan fingerprint density at radius 2 is 2.18 bits per heavy atom. The quantitative estimate of drug-likeness (QED) is 0.806. The van der Waals surface area contributed by atoms with Crippen LogP contribution in [0.15, 0.2) is 16.6 Å². The van der Waals surface area contributed by atoms with Crippen molar-refractivity contribution >= 4 is 21.9 Å². The van der Waals surface area contributed by atoms with Gasteiger partial charge in [-0.3, -0.25) is 0 Å². The zero-order valence-electron chi connectivity index (χ0n) is 8.54. The number of hydrogen-bond acceptors (Lipinski definition) is 4. The average molecular weight is 306 g/mol. The lowest BCUT2D eigenvalue weighted by Gasteiger charge is -2.09. The molecule has 0 atom stereocenters. The Kier molecular flexibility index (Phi) is 4.40. The summed E-state index contributed by atoms with van der Waals surface area (Å²) in [4.78, 5) is 11.3. The van der Waals surface area contributed by atoms with Gasteiger partial charge in [0.25, 0.3) is 0 Å². The van der Waals surface area contributed by atoms with Crippen LogP contribution in [0.4, 0.5) is 8.78 Å². The Hall–Kier alpha value is -1.68. The number of nitriles is 1. The summed E-state index contributed by atoms with van der Waals surface area (Å²) in [7, 11) is 1.15. The monoisotopic (exact) mass is 305 g/mol. The number of hydrogen-bond donors (Lipinski definition) is 0. The van der Waals surface area contributed by atoms with Crippen molar-refractivity contribution in [1.82, 2.24) is 0 Å². The Morgan fingerprint density at radius 1 is 1.53 bits per heavy atom. The predicted octanol–water partition coefficient (Wildman–Crippen LogP) is 2.71. The standard InChI is InChI=1S/C10H6BrF2NO3/c1-16-9(15)6-3-8(17-10(12)13)5(4-14)2-7(6)11/h2-3,10H,1H3. The van der Waals surface area contributed by atoms with Gasteiger partial charge in [0, 0.05) is 4.47 Å². The van der Waals surface area contributed by atoms with Crippen LogP contribution in [0.3, 0.4) is 0 Å². The van der Waals surface area contributed by atoms with Crippen molar-refractivity contribution < 1.29 is 23.0 Å². The molecule has 7 heteroatoms. The third kappa shape index (κ3) is 3.14. The molecule has 90 valence electrons. The zero-order valence-corrected chi connectivity index (χ0v) is 10.1. The van der Waals surface area contributed by atoms with Crippen molar-refractivity contribution in [1.29, 1.82) is 5.26 Å². The van der Waals surface area contributed by atoms with Crippen LogP contribution in [0.5, 0.6) is 5.75 Å². The summed E-state index contributed by atoms with van der Waals surface area (Å²) in [6.45, 7) is -3.08. The van der Waals surface area contributed by atoms with E-state index in [4.69, 9.17) is 5.26 Å². The van der Waals surface area contributed by atoms with Crippen LogP contribution in [0.2, 0.25) is 0 Å². The summed E-state index contributed by atoms with van der Waals surface area (Å²) >= 11 is 3.03. The molecule has 0 aliphatic carbocycles. The molecule has 0 bridgehead atoms. The number of alkyl halides is 2. The first-order chi connectivity index (χ1) is 7.99. The third-order valence-corrected chi connectivity index (χ3v) is 2.47. The SMILES string of the molecule is COC(=O)c1cc(OC(F)F)c(C#N)cc1Br. The summed E-state index contributed by atoms with van der Waals surface area (Å²) in [5.74, 6) is -1.09. The second-order valence-corrected chi connectivity index (χ2v) is 3.66. The van der Waals surface area contributed by atoms with E-state index in [2.05, 4.69) is 25.4 Å². The van der Waals surface area contributed by atoms with Crippen molar-refractivity contribution in [2.75, 3.05) is 7.11 Å².